The first-order valence-electron chi connectivity index (χ1n) is 6.71. The van der Waals surface area contributed by atoms with Crippen molar-refractivity contribution in [2.24, 2.45) is 0 Å². The van der Waals surface area contributed by atoms with Gasteiger partial charge in [0.15, 0.2) is 0 Å². The van der Waals surface area contributed by atoms with E-state index in [-0.39, 0.29) is 6.03 Å². The van der Waals surface area contributed by atoms with E-state index in [1.54, 1.807) is 25.3 Å². The second-order valence-electron chi connectivity index (χ2n) is 4.69. The summed E-state index contributed by atoms with van der Waals surface area (Å²) in [5.41, 5.74) is 1.85. The highest BCUT2D eigenvalue weighted by Crippen LogP contribution is 2.13. The lowest BCUT2D eigenvalue weighted by atomic mass is 10.2. The fourth-order valence-corrected chi connectivity index (χ4v) is 1.92. The molecule has 0 unspecified atom stereocenters. The Labute approximate surface area is 124 Å². The summed E-state index contributed by atoms with van der Waals surface area (Å²) in [6.07, 6.45) is 1.71. The van der Waals surface area contributed by atoms with Crippen LogP contribution in [0.15, 0.2) is 48.7 Å². The third kappa shape index (κ3) is 4.49. The molecule has 0 aliphatic heterocycles. The van der Waals surface area contributed by atoms with Gasteiger partial charge in [-0.3, -0.25) is 4.98 Å². The number of pyridine rings is 1. The molecule has 0 bridgehead atoms. The molecule has 0 radical (unpaired) electrons. The van der Waals surface area contributed by atoms with Gasteiger partial charge in [0.1, 0.15) is 5.75 Å². The van der Waals surface area contributed by atoms with Gasteiger partial charge in [0, 0.05) is 19.8 Å². The second-order valence-corrected chi connectivity index (χ2v) is 4.69. The van der Waals surface area contributed by atoms with Gasteiger partial charge in [-0.15, -0.1) is 0 Å². The van der Waals surface area contributed by atoms with Crippen molar-refractivity contribution in [1.29, 1.82) is 0 Å². The van der Waals surface area contributed by atoms with E-state index in [0.717, 1.165) is 17.0 Å². The van der Waals surface area contributed by atoms with E-state index in [2.05, 4.69) is 10.3 Å². The van der Waals surface area contributed by atoms with Crippen LogP contribution < -0.4 is 10.1 Å². The van der Waals surface area contributed by atoms with Gasteiger partial charge < -0.3 is 15.0 Å². The minimum absolute atomic E-state index is 0.136. The molecule has 1 aromatic heterocycles. The van der Waals surface area contributed by atoms with Crippen molar-refractivity contribution >= 4 is 6.03 Å². The number of hydrogen-bond donors (Lipinski definition) is 1. The summed E-state index contributed by atoms with van der Waals surface area (Å²) in [5, 5.41) is 2.84. The fourth-order valence-electron chi connectivity index (χ4n) is 1.92. The molecule has 5 heteroatoms. The lowest BCUT2D eigenvalue weighted by Gasteiger charge is -2.18. The molecule has 0 saturated heterocycles. The molecule has 0 spiro atoms. The topological polar surface area (TPSA) is 54.5 Å². The van der Waals surface area contributed by atoms with Gasteiger partial charge in [-0.1, -0.05) is 18.2 Å². The fraction of sp³-hybridized carbons (Fsp3) is 0.250. The van der Waals surface area contributed by atoms with Gasteiger partial charge in [0.05, 0.1) is 19.3 Å². The third-order valence-electron chi connectivity index (χ3n) is 3.05. The Balaban J connectivity index is 1.87. The molecule has 0 saturated carbocycles. The SMILES string of the molecule is COc1cccc(CN(C)C(=O)NCc2ccccn2)c1. The molecular formula is C16H19N3O2. The molecule has 1 heterocycles. The number of benzene rings is 1. The smallest absolute Gasteiger partial charge is 0.317 e. The van der Waals surface area contributed by atoms with Crippen LogP contribution in [0.5, 0.6) is 5.75 Å². The normalized spacial score (nSPS) is 10.0. The van der Waals surface area contributed by atoms with Crippen molar-refractivity contribution in [2.75, 3.05) is 14.2 Å². The Bertz CT molecular complexity index is 587. The summed E-state index contributed by atoms with van der Waals surface area (Å²) in [5.74, 6) is 0.787. The lowest BCUT2D eigenvalue weighted by molar-refractivity contribution is 0.206. The number of methoxy groups -OCH3 is 1. The minimum Gasteiger partial charge on any atom is -0.497 e. The number of amides is 2. The Morgan fingerprint density at radius 1 is 1.29 bits per heavy atom. The number of carbonyl (C=O) groups excluding carboxylic acids is 1. The zero-order valence-corrected chi connectivity index (χ0v) is 12.2. The van der Waals surface area contributed by atoms with Crippen molar-refractivity contribution in [3.63, 3.8) is 0 Å². The van der Waals surface area contributed by atoms with Crippen LogP contribution in [0.1, 0.15) is 11.3 Å². The highest BCUT2D eigenvalue weighted by Gasteiger charge is 2.09. The number of ether oxygens (including phenoxy) is 1. The van der Waals surface area contributed by atoms with E-state index in [4.69, 9.17) is 4.74 Å². The minimum atomic E-state index is -0.136. The zero-order valence-electron chi connectivity index (χ0n) is 12.2. The Morgan fingerprint density at radius 2 is 2.14 bits per heavy atom. The maximum Gasteiger partial charge on any atom is 0.317 e. The number of hydrogen-bond acceptors (Lipinski definition) is 3. The summed E-state index contributed by atoms with van der Waals surface area (Å²) in [6, 6.07) is 13.2. The van der Waals surface area contributed by atoms with Gasteiger partial charge in [-0.2, -0.15) is 0 Å². The summed E-state index contributed by atoms with van der Waals surface area (Å²) >= 11 is 0. The van der Waals surface area contributed by atoms with Gasteiger partial charge in [0.2, 0.25) is 0 Å². The molecule has 110 valence electrons. The van der Waals surface area contributed by atoms with Crippen molar-refractivity contribution in [3.05, 3.63) is 59.9 Å². The lowest BCUT2D eigenvalue weighted by Crippen LogP contribution is -2.36. The quantitative estimate of drug-likeness (QED) is 0.918. The Hall–Kier alpha value is -2.56. The van der Waals surface area contributed by atoms with Crippen LogP contribution in [-0.2, 0) is 13.1 Å². The molecule has 1 aromatic carbocycles. The molecule has 0 aliphatic rings. The van der Waals surface area contributed by atoms with E-state index in [1.807, 2.05) is 42.5 Å². The predicted octanol–water partition coefficient (Wildman–Crippen LogP) is 2.43. The van der Waals surface area contributed by atoms with E-state index in [9.17, 15) is 4.79 Å². The van der Waals surface area contributed by atoms with Crippen LogP contribution in [0, 0.1) is 0 Å². The van der Waals surface area contributed by atoms with E-state index < -0.39 is 0 Å². The van der Waals surface area contributed by atoms with Gasteiger partial charge in [0.25, 0.3) is 0 Å². The molecule has 0 fully saturated rings. The van der Waals surface area contributed by atoms with Crippen LogP contribution in [0.2, 0.25) is 0 Å². The zero-order chi connectivity index (χ0) is 15.1. The van der Waals surface area contributed by atoms with Gasteiger partial charge in [-0.05, 0) is 29.8 Å². The summed E-state index contributed by atoms with van der Waals surface area (Å²) in [6.45, 7) is 0.938. The molecule has 2 aromatic rings. The highest BCUT2D eigenvalue weighted by atomic mass is 16.5. The van der Waals surface area contributed by atoms with Crippen molar-refractivity contribution in [1.82, 2.24) is 15.2 Å². The average molecular weight is 285 g/mol. The number of aromatic nitrogens is 1. The largest absolute Gasteiger partial charge is 0.497 e. The van der Waals surface area contributed by atoms with Gasteiger partial charge >= 0.3 is 6.03 Å². The number of urea groups is 1. The van der Waals surface area contributed by atoms with Crippen LogP contribution in [0.4, 0.5) is 4.79 Å². The van der Waals surface area contributed by atoms with Crippen molar-refractivity contribution in [2.45, 2.75) is 13.1 Å². The maximum atomic E-state index is 12.0. The molecule has 2 amide bonds. The highest BCUT2D eigenvalue weighted by molar-refractivity contribution is 5.73. The molecule has 0 atom stereocenters. The molecule has 1 N–H and O–H groups in total. The Morgan fingerprint density at radius 3 is 2.86 bits per heavy atom. The number of rotatable bonds is 5. The van der Waals surface area contributed by atoms with Crippen LogP contribution >= 0.6 is 0 Å². The number of nitrogens with one attached hydrogen (secondary N) is 1. The van der Waals surface area contributed by atoms with E-state index in [1.165, 1.54) is 0 Å². The van der Waals surface area contributed by atoms with E-state index in [0.29, 0.717) is 13.1 Å². The molecule has 0 aliphatic carbocycles. The van der Waals surface area contributed by atoms with Crippen LogP contribution in [0.25, 0.3) is 0 Å². The monoisotopic (exact) mass is 285 g/mol. The summed E-state index contributed by atoms with van der Waals surface area (Å²) in [4.78, 5) is 17.8. The van der Waals surface area contributed by atoms with Gasteiger partial charge in [-0.25, -0.2) is 4.79 Å². The van der Waals surface area contributed by atoms with Crippen LogP contribution in [0.3, 0.4) is 0 Å². The average Bonchev–Trinajstić information content (AvgIpc) is 2.53. The Kier molecular flexibility index (Phi) is 5.15. The number of carbonyl (C=O) groups is 1. The van der Waals surface area contributed by atoms with Crippen molar-refractivity contribution < 1.29 is 9.53 Å². The van der Waals surface area contributed by atoms with Crippen LogP contribution in [-0.4, -0.2) is 30.1 Å². The molecule has 5 nitrogen and oxygen atoms in total. The molecular weight excluding hydrogens is 266 g/mol. The maximum absolute atomic E-state index is 12.0. The first-order chi connectivity index (χ1) is 10.2. The summed E-state index contributed by atoms with van der Waals surface area (Å²) in [7, 11) is 3.38. The first-order valence-corrected chi connectivity index (χ1v) is 6.71. The second kappa shape index (κ2) is 7.28. The third-order valence-corrected chi connectivity index (χ3v) is 3.05. The summed E-state index contributed by atoms with van der Waals surface area (Å²) < 4.78 is 5.17. The number of nitrogens with zero attached hydrogens (tertiary/aromatic N) is 2. The van der Waals surface area contributed by atoms with Crippen molar-refractivity contribution in [3.8, 4) is 5.75 Å². The first kappa shape index (κ1) is 14.8. The molecule has 21 heavy (non-hydrogen) atoms. The standard InChI is InChI=1S/C16H19N3O2/c1-19(12-13-6-5-8-15(10-13)21-2)16(20)18-11-14-7-3-4-9-17-14/h3-10H,11-12H2,1-2H3,(H,18,20). The predicted molar refractivity (Wildman–Crippen MR) is 80.9 cm³/mol. The van der Waals surface area contributed by atoms with E-state index >= 15 is 0 Å². The molecule has 2 rings (SSSR count).